The second-order valence-electron chi connectivity index (χ2n) is 10.7. The molecule has 37 heavy (non-hydrogen) atoms. The molecule has 1 heterocycles. The van der Waals surface area contributed by atoms with Gasteiger partial charge < -0.3 is 5.32 Å². The van der Waals surface area contributed by atoms with Crippen LogP contribution in [0.5, 0.6) is 0 Å². The highest BCUT2D eigenvalue weighted by molar-refractivity contribution is 6.47. The van der Waals surface area contributed by atoms with Crippen molar-refractivity contribution < 1.29 is 14.4 Å². The first-order valence-corrected chi connectivity index (χ1v) is 13.0. The molecule has 0 bridgehead atoms. The maximum absolute atomic E-state index is 13.9. The van der Waals surface area contributed by atoms with Crippen LogP contribution < -0.4 is 10.2 Å². The van der Waals surface area contributed by atoms with Gasteiger partial charge in [0.1, 0.15) is 6.04 Å². The van der Waals surface area contributed by atoms with Gasteiger partial charge >= 0.3 is 0 Å². The third-order valence-electron chi connectivity index (χ3n) is 6.92. The molecule has 2 aromatic carbocycles. The van der Waals surface area contributed by atoms with Gasteiger partial charge in [-0.2, -0.15) is 0 Å². The van der Waals surface area contributed by atoms with Crippen molar-refractivity contribution in [2.75, 3.05) is 4.90 Å². The van der Waals surface area contributed by atoms with Gasteiger partial charge in [-0.1, -0.05) is 88.6 Å². The number of hydrogen-bond acceptors (Lipinski definition) is 4. The number of benzene rings is 2. The van der Waals surface area contributed by atoms with E-state index in [0.717, 1.165) is 37.7 Å². The number of anilines is 1. The lowest BCUT2D eigenvalue weighted by Crippen LogP contribution is -2.49. The van der Waals surface area contributed by atoms with Gasteiger partial charge in [0.25, 0.3) is 11.7 Å². The van der Waals surface area contributed by atoms with Crippen LogP contribution in [0, 0.1) is 0 Å². The van der Waals surface area contributed by atoms with Crippen LogP contribution in [0.15, 0.2) is 79.1 Å². The van der Waals surface area contributed by atoms with Crippen LogP contribution in [-0.2, 0) is 15.0 Å². The summed E-state index contributed by atoms with van der Waals surface area (Å²) in [6.07, 6.45) is 8.30. The highest BCUT2D eigenvalue weighted by Crippen LogP contribution is 2.32. The van der Waals surface area contributed by atoms with Crippen molar-refractivity contribution in [3.63, 3.8) is 0 Å². The molecule has 1 unspecified atom stereocenters. The third-order valence-corrected chi connectivity index (χ3v) is 6.92. The zero-order valence-electron chi connectivity index (χ0n) is 21.8. The van der Waals surface area contributed by atoms with Crippen molar-refractivity contribution in [1.29, 1.82) is 0 Å². The number of hydrogen-bond donors (Lipinski definition) is 1. The highest BCUT2D eigenvalue weighted by Gasteiger charge is 2.37. The van der Waals surface area contributed by atoms with Gasteiger partial charge in [-0.3, -0.25) is 24.3 Å². The molecule has 0 saturated heterocycles. The van der Waals surface area contributed by atoms with Crippen LogP contribution in [0.4, 0.5) is 5.69 Å². The summed E-state index contributed by atoms with van der Waals surface area (Å²) in [4.78, 5) is 46.7. The number of aromatic nitrogens is 1. The molecule has 3 aromatic rings. The van der Waals surface area contributed by atoms with Crippen molar-refractivity contribution in [2.24, 2.45) is 0 Å². The Balaban J connectivity index is 1.79. The van der Waals surface area contributed by atoms with E-state index in [4.69, 9.17) is 0 Å². The Morgan fingerprint density at radius 2 is 1.57 bits per heavy atom. The number of rotatable bonds is 7. The molecule has 1 fully saturated rings. The summed E-state index contributed by atoms with van der Waals surface area (Å²) in [6, 6.07) is 18.5. The molecule has 6 nitrogen and oxygen atoms in total. The van der Waals surface area contributed by atoms with Crippen molar-refractivity contribution in [3.8, 4) is 0 Å². The standard InChI is InChI=1S/C31H35N3O3/c1-31(2,3)24-16-18-26(19-17-24)34(30(37)28(35)22-11-6-4-7-12-22)27(23-13-10-20-32-21-23)29(36)33-25-14-8-5-9-15-25/h4,6-7,10-13,16-21,25,27H,5,8-9,14-15H2,1-3H3,(H,33,36). The number of pyridine rings is 1. The van der Waals surface area contributed by atoms with Crippen LogP contribution in [0.2, 0.25) is 0 Å². The van der Waals surface area contributed by atoms with Crippen LogP contribution in [-0.4, -0.2) is 28.6 Å². The third kappa shape index (κ3) is 6.31. The number of ketones is 1. The number of carbonyl (C=O) groups excluding carboxylic acids is 3. The molecule has 192 valence electrons. The van der Waals surface area contributed by atoms with Crippen LogP contribution in [0.1, 0.15) is 80.4 Å². The summed E-state index contributed by atoms with van der Waals surface area (Å²) in [5, 5.41) is 3.16. The lowest BCUT2D eigenvalue weighted by molar-refractivity contribution is -0.126. The van der Waals surface area contributed by atoms with E-state index >= 15 is 0 Å². The fourth-order valence-electron chi connectivity index (χ4n) is 4.81. The quantitative estimate of drug-likeness (QED) is 0.331. The molecule has 1 N–H and O–H groups in total. The lowest BCUT2D eigenvalue weighted by atomic mass is 9.87. The first kappa shape index (κ1) is 26.3. The first-order valence-electron chi connectivity index (χ1n) is 13.0. The summed E-state index contributed by atoms with van der Waals surface area (Å²) in [5.41, 5.74) is 2.30. The maximum Gasteiger partial charge on any atom is 0.300 e. The molecule has 6 heteroatoms. The molecule has 1 aliphatic rings. The molecule has 0 radical (unpaired) electrons. The number of nitrogens with one attached hydrogen (secondary N) is 1. The Labute approximate surface area is 219 Å². The topological polar surface area (TPSA) is 79.4 Å². The van der Waals surface area contributed by atoms with Gasteiger partial charge in [0, 0.05) is 35.2 Å². The van der Waals surface area contributed by atoms with Crippen LogP contribution in [0.3, 0.4) is 0 Å². The Kier molecular flexibility index (Phi) is 8.17. The normalized spacial score (nSPS) is 15.0. The minimum Gasteiger partial charge on any atom is -0.351 e. The average molecular weight is 498 g/mol. The van der Waals surface area contributed by atoms with Crippen molar-refractivity contribution in [3.05, 3.63) is 95.8 Å². The van der Waals surface area contributed by atoms with E-state index in [9.17, 15) is 14.4 Å². The summed E-state index contributed by atoms with van der Waals surface area (Å²) in [5.74, 6) is -1.74. The predicted octanol–water partition coefficient (Wildman–Crippen LogP) is 5.79. The summed E-state index contributed by atoms with van der Waals surface area (Å²) < 4.78 is 0. The lowest BCUT2D eigenvalue weighted by Gasteiger charge is -2.33. The minimum absolute atomic E-state index is 0.0467. The Morgan fingerprint density at radius 3 is 2.16 bits per heavy atom. The van der Waals surface area contributed by atoms with Crippen LogP contribution >= 0.6 is 0 Å². The summed E-state index contributed by atoms with van der Waals surface area (Å²) in [6.45, 7) is 6.33. The second-order valence-corrected chi connectivity index (χ2v) is 10.7. The SMILES string of the molecule is CC(C)(C)c1ccc(N(C(=O)C(=O)c2ccccc2)C(C(=O)NC2CCCCC2)c2cccnc2)cc1. The molecule has 1 aliphatic carbocycles. The van der Waals surface area contributed by atoms with Crippen LogP contribution in [0.25, 0.3) is 0 Å². The summed E-state index contributed by atoms with van der Waals surface area (Å²) in [7, 11) is 0. The monoisotopic (exact) mass is 497 g/mol. The second kappa shape index (κ2) is 11.5. The van der Waals surface area contributed by atoms with E-state index < -0.39 is 17.7 Å². The van der Waals surface area contributed by atoms with E-state index in [2.05, 4.69) is 31.1 Å². The molecule has 4 rings (SSSR count). The summed E-state index contributed by atoms with van der Waals surface area (Å²) >= 11 is 0. The molecule has 0 aliphatic heterocycles. The predicted molar refractivity (Wildman–Crippen MR) is 145 cm³/mol. The zero-order chi connectivity index (χ0) is 26.4. The van der Waals surface area contributed by atoms with Gasteiger partial charge in [-0.25, -0.2) is 0 Å². The van der Waals surface area contributed by atoms with Gasteiger partial charge in [0.05, 0.1) is 0 Å². The molecule has 1 saturated carbocycles. The van der Waals surface area contributed by atoms with E-state index in [-0.39, 0.29) is 22.9 Å². The maximum atomic E-state index is 13.9. The molecular formula is C31H35N3O3. The van der Waals surface area contributed by atoms with E-state index in [1.807, 2.05) is 24.3 Å². The van der Waals surface area contributed by atoms with E-state index in [1.54, 1.807) is 54.9 Å². The van der Waals surface area contributed by atoms with Gasteiger partial charge in [-0.15, -0.1) is 0 Å². The minimum atomic E-state index is -1.05. The molecular weight excluding hydrogens is 462 g/mol. The Morgan fingerprint density at radius 1 is 0.892 bits per heavy atom. The number of amides is 2. The van der Waals surface area contributed by atoms with E-state index in [1.165, 1.54) is 4.90 Å². The number of Topliss-reactive ketones (excluding diaryl/α,β-unsaturated/α-hetero) is 1. The molecule has 1 aromatic heterocycles. The van der Waals surface area contributed by atoms with Gasteiger partial charge in [0.15, 0.2) is 0 Å². The van der Waals surface area contributed by atoms with Gasteiger partial charge in [-0.05, 0) is 42.0 Å². The smallest absolute Gasteiger partial charge is 0.300 e. The fourth-order valence-corrected chi connectivity index (χ4v) is 4.81. The van der Waals surface area contributed by atoms with Gasteiger partial charge in [0.2, 0.25) is 5.91 Å². The molecule has 0 spiro atoms. The fraction of sp³-hybridized carbons (Fsp3) is 0.355. The number of carbonyl (C=O) groups is 3. The zero-order valence-corrected chi connectivity index (χ0v) is 21.8. The Hall–Kier alpha value is -3.80. The average Bonchev–Trinajstić information content (AvgIpc) is 2.92. The van der Waals surface area contributed by atoms with Crippen molar-refractivity contribution >= 4 is 23.3 Å². The Bertz CT molecular complexity index is 1210. The molecule has 2 amide bonds. The molecule has 1 atom stereocenters. The number of nitrogens with zero attached hydrogens (tertiary/aromatic N) is 2. The van der Waals surface area contributed by atoms with E-state index in [0.29, 0.717) is 11.3 Å². The first-order chi connectivity index (χ1) is 17.8. The van der Waals surface area contributed by atoms with Crippen molar-refractivity contribution in [2.45, 2.75) is 70.4 Å². The van der Waals surface area contributed by atoms with Crippen molar-refractivity contribution in [1.82, 2.24) is 10.3 Å². The highest BCUT2D eigenvalue weighted by atomic mass is 16.2. The largest absolute Gasteiger partial charge is 0.351 e.